The fourth-order valence-corrected chi connectivity index (χ4v) is 1.91. The van der Waals surface area contributed by atoms with Crippen molar-refractivity contribution in [3.05, 3.63) is 77.4 Å². The van der Waals surface area contributed by atoms with Gasteiger partial charge in [-0.3, -0.25) is 10.1 Å². The lowest BCUT2D eigenvalue weighted by molar-refractivity contribution is -0.596. The van der Waals surface area contributed by atoms with Crippen LogP contribution in [0.15, 0.2) is 67.3 Å². The molecule has 1 aromatic carbocycles. The molecule has 6 nitrogen and oxygen atoms in total. The van der Waals surface area contributed by atoms with Gasteiger partial charge >= 0.3 is 0 Å². The number of benzene rings is 1. The van der Waals surface area contributed by atoms with Crippen LogP contribution in [0.5, 0.6) is 0 Å². The van der Waals surface area contributed by atoms with E-state index in [1.54, 1.807) is 24.5 Å². The maximum atomic E-state index is 10.6. The molecule has 3 rings (SSSR count). The van der Waals surface area contributed by atoms with Gasteiger partial charge in [0.15, 0.2) is 18.2 Å². The Morgan fingerprint density at radius 2 is 1.57 bits per heavy atom. The molecule has 102 valence electrons. The summed E-state index contributed by atoms with van der Waals surface area (Å²) in [7, 11) is 0. The Labute approximate surface area is 120 Å². The lowest BCUT2D eigenvalue weighted by Crippen LogP contribution is -2.29. The van der Waals surface area contributed by atoms with Gasteiger partial charge in [0.2, 0.25) is 5.69 Å². The van der Waals surface area contributed by atoms with Gasteiger partial charge in [-0.2, -0.15) is 4.57 Å². The van der Waals surface area contributed by atoms with E-state index in [0.29, 0.717) is 5.82 Å². The zero-order valence-electron chi connectivity index (χ0n) is 11.0. The van der Waals surface area contributed by atoms with Gasteiger partial charge in [-0.1, -0.05) is 6.07 Å². The van der Waals surface area contributed by atoms with Crippen molar-refractivity contribution in [2.75, 3.05) is 0 Å². The van der Waals surface area contributed by atoms with Crippen LogP contribution in [0.4, 0.5) is 5.69 Å². The Morgan fingerprint density at radius 1 is 0.952 bits per heavy atom. The number of nitrogens with zero attached hydrogens (tertiary/aromatic N) is 4. The first kappa shape index (κ1) is 12.9. The van der Waals surface area contributed by atoms with Crippen molar-refractivity contribution in [2.45, 2.75) is 0 Å². The van der Waals surface area contributed by atoms with Crippen LogP contribution in [-0.4, -0.2) is 14.9 Å². The van der Waals surface area contributed by atoms with Crippen LogP contribution in [0.2, 0.25) is 0 Å². The standard InChI is InChI=1S/C15H11N4O2/c20-19(21)13-6-4-12(5-7-13)15-16-10-14(11-17-15)18-8-2-1-3-9-18/h1-11H/q+1. The predicted octanol–water partition coefficient (Wildman–Crippen LogP) is 2.33. The summed E-state index contributed by atoms with van der Waals surface area (Å²) in [5.74, 6) is 0.533. The molecule has 0 aliphatic heterocycles. The molecule has 0 radical (unpaired) electrons. The first-order chi connectivity index (χ1) is 10.2. The Hall–Kier alpha value is -3.15. The number of hydrogen-bond donors (Lipinski definition) is 0. The summed E-state index contributed by atoms with van der Waals surface area (Å²) in [6.07, 6.45) is 7.24. The van der Waals surface area contributed by atoms with E-state index in [2.05, 4.69) is 9.97 Å². The molecule has 0 fully saturated rings. The third kappa shape index (κ3) is 2.74. The Bertz CT molecular complexity index is 756. The topological polar surface area (TPSA) is 72.8 Å². The van der Waals surface area contributed by atoms with Crippen LogP contribution < -0.4 is 4.57 Å². The highest BCUT2D eigenvalue weighted by atomic mass is 16.6. The molecule has 0 saturated heterocycles. The fraction of sp³-hybridized carbons (Fsp3) is 0. The van der Waals surface area contributed by atoms with Crippen LogP contribution in [0.1, 0.15) is 0 Å². The largest absolute Gasteiger partial charge is 0.269 e. The van der Waals surface area contributed by atoms with E-state index in [1.165, 1.54) is 12.1 Å². The molecule has 0 spiro atoms. The molecule has 0 aliphatic carbocycles. The minimum Gasteiger partial charge on any atom is -0.258 e. The third-order valence-corrected chi connectivity index (χ3v) is 2.99. The molecule has 0 unspecified atom stereocenters. The fourth-order valence-electron chi connectivity index (χ4n) is 1.91. The highest BCUT2D eigenvalue weighted by molar-refractivity contribution is 5.57. The summed E-state index contributed by atoms with van der Waals surface area (Å²) in [6.45, 7) is 0. The van der Waals surface area contributed by atoms with E-state index in [-0.39, 0.29) is 5.69 Å². The van der Waals surface area contributed by atoms with Crippen LogP contribution in [0, 0.1) is 10.1 Å². The number of rotatable bonds is 3. The average molecular weight is 279 g/mol. The number of hydrogen-bond acceptors (Lipinski definition) is 4. The van der Waals surface area contributed by atoms with Gasteiger partial charge in [-0.05, 0) is 12.1 Å². The number of pyridine rings is 1. The highest BCUT2D eigenvalue weighted by Crippen LogP contribution is 2.18. The summed E-state index contributed by atoms with van der Waals surface area (Å²) < 4.78 is 1.90. The predicted molar refractivity (Wildman–Crippen MR) is 75.7 cm³/mol. The molecular formula is C15H11N4O2+. The molecule has 0 amide bonds. The van der Waals surface area contributed by atoms with Gasteiger partial charge in [-0.15, -0.1) is 0 Å². The molecular weight excluding hydrogens is 268 g/mol. The van der Waals surface area contributed by atoms with Crippen LogP contribution in [0.25, 0.3) is 17.1 Å². The van der Waals surface area contributed by atoms with Gasteiger partial charge in [0.25, 0.3) is 5.69 Å². The minimum absolute atomic E-state index is 0.0511. The molecule has 2 aromatic heterocycles. The van der Waals surface area contributed by atoms with Crippen LogP contribution in [-0.2, 0) is 0 Å². The van der Waals surface area contributed by atoms with Crippen molar-refractivity contribution >= 4 is 5.69 Å². The van der Waals surface area contributed by atoms with E-state index >= 15 is 0 Å². The van der Waals surface area contributed by atoms with Crippen LogP contribution in [0.3, 0.4) is 0 Å². The monoisotopic (exact) mass is 279 g/mol. The molecule has 0 N–H and O–H groups in total. The molecule has 21 heavy (non-hydrogen) atoms. The van der Waals surface area contributed by atoms with Gasteiger partial charge in [0.05, 0.1) is 4.92 Å². The van der Waals surface area contributed by atoms with Gasteiger partial charge in [0, 0.05) is 29.8 Å². The van der Waals surface area contributed by atoms with E-state index in [1.807, 2.05) is 35.2 Å². The van der Waals surface area contributed by atoms with Crippen molar-refractivity contribution in [1.29, 1.82) is 0 Å². The third-order valence-electron chi connectivity index (χ3n) is 2.99. The molecule has 3 aromatic rings. The van der Waals surface area contributed by atoms with Gasteiger partial charge < -0.3 is 0 Å². The SMILES string of the molecule is O=[N+]([O-])c1ccc(-c2ncc(-[n+]3ccccc3)cn2)cc1. The Morgan fingerprint density at radius 3 is 2.14 bits per heavy atom. The van der Waals surface area contributed by atoms with E-state index in [4.69, 9.17) is 0 Å². The van der Waals surface area contributed by atoms with E-state index in [9.17, 15) is 10.1 Å². The molecule has 0 aliphatic rings. The van der Waals surface area contributed by atoms with E-state index in [0.717, 1.165) is 11.3 Å². The van der Waals surface area contributed by atoms with Gasteiger partial charge in [0.1, 0.15) is 12.4 Å². The average Bonchev–Trinajstić information content (AvgIpc) is 2.56. The summed E-state index contributed by atoms with van der Waals surface area (Å²) >= 11 is 0. The summed E-state index contributed by atoms with van der Waals surface area (Å²) in [6, 6.07) is 11.9. The number of non-ortho nitro benzene ring substituents is 1. The van der Waals surface area contributed by atoms with Crippen molar-refractivity contribution in [1.82, 2.24) is 9.97 Å². The molecule has 0 atom stereocenters. The molecule has 0 saturated carbocycles. The second kappa shape index (κ2) is 5.46. The van der Waals surface area contributed by atoms with E-state index < -0.39 is 4.92 Å². The lowest BCUT2D eigenvalue weighted by Gasteiger charge is -2.00. The van der Waals surface area contributed by atoms with Crippen LogP contribution >= 0.6 is 0 Å². The molecule has 0 bridgehead atoms. The first-order valence-electron chi connectivity index (χ1n) is 6.27. The minimum atomic E-state index is -0.431. The quantitative estimate of drug-likeness (QED) is 0.419. The normalized spacial score (nSPS) is 10.3. The second-order valence-corrected chi connectivity index (χ2v) is 4.35. The first-order valence-corrected chi connectivity index (χ1v) is 6.27. The molecule has 2 heterocycles. The highest BCUT2D eigenvalue weighted by Gasteiger charge is 2.09. The van der Waals surface area contributed by atoms with Crippen molar-refractivity contribution in [3.63, 3.8) is 0 Å². The van der Waals surface area contributed by atoms with Crippen molar-refractivity contribution in [2.24, 2.45) is 0 Å². The van der Waals surface area contributed by atoms with Crippen molar-refractivity contribution < 1.29 is 9.49 Å². The summed E-state index contributed by atoms with van der Waals surface area (Å²) in [5.41, 5.74) is 1.64. The smallest absolute Gasteiger partial charge is 0.258 e. The Kier molecular flexibility index (Phi) is 3.34. The Balaban J connectivity index is 1.89. The number of aromatic nitrogens is 3. The second-order valence-electron chi connectivity index (χ2n) is 4.35. The number of nitro benzene ring substituents is 1. The maximum Gasteiger partial charge on any atom is 0.269 e. The maximum absolute atomic E-state index is 10.6. The zero-order chi connectivity index (χ0) is 14.7. The zero-order valence-corrected chi connectivity index (χ0v) is 11.0. The lowest BCUT2D eigenvalue weighted by atomic mass is 10.2. The molecule has 6 heteroatoms. The van der Waals surface area contributed by atoms with Gasteiger partial charge in [-0.25, -0.2) is 9.97 Å². The number of nitro groups is 1. The summed E-state index contributed by atoms with van der Waals surface area (Å²) in [5, 5.41) is 10.6. The van der Waals surface area contributed by atoms with Crippen molar-refractivity contribution in [3.8, 4) is 17.1 Å². The summed E-state index contributed by atoms with van der Waals surface area (Å²) in [4.78, 5) is 18.8.